The lowest BCUT2D eigenvalue weighted by atomic mass is 9.91. The summed E-state index contributed by atoms with van der Waals surface area (Å²) in [6.07, 6.45) is 0. The molecule has 3 nitrogen and oxygen atoms in total. The molecule has 72 valence electrons. The molecule has 0 atom stereocenters. The molecule has 0 spiro atoms. The molecule has 0 saturated carbocycles. The van der Waals surface area contributed by atoms with Gasteiger partial charge in [-0.05, 0) is 0 Å². The third kappa shape index (κ3) is 2.06. The van der Waals surface area contributed by atoms with Crippen LogP contribution >= 0.6 is 11.3 Å². The predicted octanol–water partition coefficient (Wildman–Crippen LogP) is 1.80. The van der Waals surface area contributed by atoms with Crippen LogP contribution in [0.25, 0.3) is 0 Å². The Labute approximate surface area is 82.2 Å². The molecular formula is C9H14N2OS. The van der Waals surface area contributed by atoms with Crippen LogP contribution in [0.3, 0.4) is 0 Å². The van der Waals surface area contributed by atoms with Crippen LogP contribution in [0, 0.1) is 0 Å². The predicted molar refractivity (Wildman–Crippen MR) is 54.2 cm³/mol. The van der Waals surface area contributed by atoms with Crippen molar-refractivity contribution in [3.8, 4) is 0 Å². The Bertz CT molecular complexity index is 312. The molecule has 0 aliphatic heterocycles. The molecule has 1 aromatic heterocycles. The lowest BCUT2D eigenvalue weighted by Crippen LogP contribution is -2.22. The van der Waals surface area contributed by atoms with Crippen molar-refractivity contribution in [2.24, 2.45) is 0 Å². The molecular weight excluding hydrogens is 184 g/mol. The molecule has 0 aliphatic carbocycles. The molecule has 0 aliphatic rings. The van der Waals surface area contributed by atoms with Crippen molar-refractivity contribution in [3.63, 3.8) is 0 Å². The average Bonchev–Trinajstić information content (AvgIpc) is 2.49. The van der Waals surface area contributed by atoms with Gasteiger partial charge in [-0.15, -0.1) is 11.3 Å². The number of rotatable bonds is 1. The summed E-state index contributed by atoms with van der Waals surface area (Å²) >= 11 is 1.39. The molecule has 0 aromatic carbocycles. The summed E-state index contributed by atoms with van der Waals surface area (Å²) in [6.45, 7) is 6.15. The number of hydrogen-bond acceptors (Lipinski definition) is 3. The Balaban J connectivity index is 3.10. The zero-order valence-electron chi connectivity index (χ0n) is 8.34. The molecule has 0 bridgehead atoms. The molecule has 0 radical (unpaired) electrons. The minimum absolute atomic E-state index is 0.0487. The number of nitrogens with zero attached hydrogens (tertiary/aromatic N) is 1. The highest BCUT2D eigenvalue weighted by molar-refractivity contribution is 7.11. The number of hydrogen-bond donors (Lipinski definition) is 1. The largest absolute Gasteiger partial charge is 0.354 e. The number of thiazole rings is 1. The summed E-state index contributed by atoms with van der Waals surface area (Å²) in [4.78, 5) is 16.3. The Morgan fingerprint density at radius 1 is 1.54 bits per heavy atom. The first-order chi connectivity index (χ1) is 5.96. The van der Waals surface area contributed by atoms with Crippen LogP contribution in [0.15, 0.2) is 5.51 Å². The van der Waals surface area contributed by atoms with Crippen molar-refractivity contribution in [1.29, 1.82) is 0 Å². The number of carbonyl (C=O) groups is 1. The summed E-state index contributed by atoms with van der Waals surface area (Å²) in [6, 6.07) is 0. The van der Waals surface area contributed by atoms with E-state index in [1.54, 1.807) is 12.6 Å². The minimum Gasteiger partial charge on any atom is -0.354 e. The van der Waals surface area contributed by atoms with Crippen LogP contribution in [0.1, 0.15) is 36.1 Å². The maximum Gasteiger partial charge on any atom is 0.263 e. The van der Waals surface area contributed by atoms with Gasteiger partial charge in [-0.25, -0.2) is 4.98 Å². The lowest BCUT2D eigenvalue weighted by molar-refractivity contribution is 0.0964. The van der Waals surface area contributed by atoms with Crippen LogP contribution in [-0.4, -0.2) is 17.9 Å². The first-order valence-corrected chi connectivity index (χ1v) is 5.01. The first kappa shape index (κ1) is 10.2. The van der Waals surface area contributed by atoms with Crippen LogP contribution in [0.4, 0.5) is 0 Å². The average molecular weight is 198 g/mol. The number of nitrogens with one attached hydrogen (secondary N) is 1. The van der Waals surface area contributed by atoms with Crippen LogP contribution in [0.2, 0.25) is 0 Å². The lowest BCUT2D eigenvalue weighted by Gasteiger charge is -2.16. The molecule has 0 unspecified atom stereocenters. The van der Waals surface area contributed by atoms with Gasteiger partial charge in [-0.1, -0.05) is 20.8 Å². The van der Waals surface area contributed by atoms with E-state index >= 15 is 0 Å². The molecule has 13 heavy (non-hydrogen) atoms. The molecule has 4 heteroatoms. The first-order valence-electron chi connectivity index (χ1n) is 4.13. The van der Waals surface area contributed by atoms with Gasteiger partial charge >= 0.3 is 0 Å². The van der Waals surface area contributed by atoms with Gasteiger partial charge in [-0.2, -0.15) is 0 Å². The van der Waals surface area contributed by atoms with E-state index in [1.165, 1.54) is 11.3 Å². The van der Waals surface area contributed by atoms with Gasteiger partial charge < -0.3 is 5.32 Å². The molecule has 1 N–H and O–H groups in total. The van der Waals surface area contributed by atoms with E-state index in [0.29, 0.717) is 0 Å². The Morgan fingerprint density at radius 2 is 2.15 bits per heavy atom. The van der Waals surface area contributed by atoms with Gasteiger partial charge in [0.05, 0.1) is 11.2 Å². The fraction of sp³-hybridized carbons (Fsp3) is 0.556. The smallest absolute Gasteiger partial charge is 0.263 e. The van der Waals surface area contributed by atoms with Gasteiger partial charge in [0.1, 0.15) is 4.88 Å². The Kier molecular flexibility index (Phi) is 2.71. The van der Waals surface area contributed by atoms with E-state index < -0.39 is 0 Å². The second-order valence-electron chi connectivity index (χ2n) is 3.86. The fourth-order valence-corrected chi connectivity index (χ4v) is 2.00. The molecule has 1 rings (SSSR count). The van der Waals surface area contributed by atoms with Crippen LogP contribution < -0.4 is 5.32 Å². The fourth-order valence-electron chi connectivity index (χ4n) is 1.06. The van der Waals surface area contributed by atoms with E-state index in [9.17, 15) is 4.79 Å². The number of amides is 1. The highest BCUT2D eigenvalue weighted by atomic mass is 32.1. The van der Waals surface area contributed by atoms with Gasteiger partial charge in [0.2, 0.25) is 0 Å². The van der Waals surface area contributed by atoms with Crippen molar-refractivity contribution >= 4 is 17.2 Å². The molecule has 0 fully saturated rings. The second kappa shape index (κ2) is 3.46. The van der Waals surface area contributed by atoms with E-state index in [4.69, 9.17) is 0 Å². The third-order valence-electron chi connectivity index (χ3n) is 1.71. The van der Waals surface area contributed by atoms with Crippen molar-refractivity contribution in [1.82, 2.24) is 10.3 Å². The van der Waals surface area contributed by atoms with Crippen LogP contribution in [-0.2, 0) is 5.41 Å². The van der Waals surface area contributed by atoms with E-state index in [0.717, 1.165) is 10.6 Å². The second-order valence-corrected chi connectivity index (χ2v) is 4.71. The van der Waals surface area contributed by atoms with Gasteiger partial charge in [0.25, 0.3) is 5.91 Å². The van der Waals surface area contributed by atoms with Gasteiger partial charge in [0, 0.05) is 12.5 Å². The van der Waals surface area contributed by atoms with Crippen molar-refractivity contribution in [2.75, 3.05) is 7.05 Å². The maximum absolute atomic E-state index is 11.4. The number of carbonyl (C=O) groups excluding carboxylic acids is 1. The van der Waals surface area contributed by atoms with E-state index in [2.05, 4.69) is 31.1 Å². The molecule has 0 saturated heterocycles. The Hall–Kier alpha value is -0.900. The topological polar surface area (TPSA) is 42.0 Å². The summed E-state index contributed by atoms with van der Waals surface area (Å²) in [5.41, 5.74) is 2.52. The highest BCUT2D eigenvalue weighted by Gasteiger charge is 2.23. The monoisotopic (exact) mass is 198 g/mol. The van der Waals surface area contributed by atoms with Crippen LogP contribution in [0.5, 0.6) is 0 Å². The summed E-state index contributed by atoms with van der Waals surface area (Å²) in [5.74, 6) is -0.0487. The maximum atomic E-state index is 11.4. The van der Waals surface area contributed by atoms with E-state index in [-0.39, 0.29) is 11.3 Å². The highest BCUT2D eigenvalue weighted by Crippen LogP contribution is 2.26. The zero-order chi connectivity index (χ0) is 10.1. The quantitative estimate of drug-likeness (QED) is 0.747. The Morgan fingerprint density at radius 3 is 2.62 bits per heavy atom. The molecule has 1 aromatic rings. The van der Waals surface area contributed by atoms with Crippen molar-refractivity contribution in [3.05, 3.63) is 16.1 Å². The molecule has 1 heterocycles. The van der Waals surface area contributed by atoms with Gasteiger partial charge in [0.15, 0.2) is 0 Å². The molecule has 1 amide bonds. The summed E-state index contributed by atoms with van der Waals surface area (Å²) in [7, 11) is 1.63. The normalized spacial score (nSPS) is 11.4. The summed E-state index contributed by atoms with van der Waals surface area (Å²) in [5, 5.41) is 2.61. The third-order valence-corrected chi connectivity index (χ3v) is 2.54. The standard InChI is InChI=1S/C9H14N2OS/c1-9(2,3)7-6(8(12)10-4)13-5-11-7/h5H,1-4H3,(H,10,12). The zero-order valence-corrected chi connectivity index (χ0v) is 9.16. The summed E-state index contributed by atoms with van der Waals surface area (Å²) < 4.78 is 0. The number of aromatic nitrogens is 1. The van der Waals surface area contributed by atoms with Gasteiger partial charge in [-0.3, -0.25) is 4.79 Å². The minimum atomic E-state index is -0.0676. The van der Waals surface area contributed by atoms with Crippen molar-refractivity contribution in [2.45, 2.75) is 26.2 Å². The van der Waals surface area contributed by atoms with Crippen molar-refractivity contribution < 1.29 is 4.79 Å². The SMILES string of the molecule is CNC(=O)c1scnc1C(C)(C)C. The van der Waals surface area contributed by atoms with E-state index in [1.807, 2.05) is 0 Å².